The Hall–Kier alpha value is -1.24. The quantitative estimate of drug-likeness (QED) is 0.796. The molecular formula is C17H26F2N2O2. The van der Waals surface area contributed by atoms with Crippen molar-refractivity contribution in [3.63, 3.8) is 0 Å². The van der Waals surface area contributed by atoms with Crippen LogP contribution < -0.4 is 4.74 Å². The van der Waals surface area contributed by atoms with Crippen molar-refractivity contribution < 1.29 is 18.6 Å². The Bertz CT molecular complexity index is 466. The zero-order valence-corrected chi connectivity index (χ0v) is 13.6. The molecule has 0 atom stereocenters. The Balaban J connectivity index is 1.85. The number of halogens is 2. The second-order valence-corrected chi connectivity index (χ2v) is 6.05. The monoisotopic (exact) mass is 328 g/mol. The normalized spacial score (nSPS) is 17.1. The highest BCUT2D eigenvalue weighted by Crippen LogP contribution is 2.24. The molecule has 0 amide bonds. The summed E-state index contributed by atoms with van der Waals surface area (Å²) in [6, 6.07) is 7.53. The van der Waals surface area contributed by atoms with Gasteiger partial charge in [-0.1, -0.05) is 18.2 Å². The maximum absolute atomic E-state index is 12.5. The van der Waals surface area contributed by atoms with Crippen molar-refractivity contribution in [2.75, 3.05) is 33.3 Å². The van der Waals surface area contributed by atoms with Gasteiger partial charge in [0.1, 0.15) is 5.75 Å². The standard InChI is InChI=1S/C17H26F2N2O2/c1-20(9-4-12-22)15-7-10-21(11-8-15)13-14-5-2-3-6-16(14)23-17(18)19/h2-3,5-6,15,17,22H,4,7-13H2,1H3. The van der Waals surface area contributed by atoms with Crippen LogP contribution >= 0.6 is 0 Å². The topological polar surface area (TPSA) is 35.9 Å². The minimum Gasteiger partial charge on any atom is -0.434 e. The molecule has 2 rings (SSSR count). The number of piperidine rings is 1. The van der Waals surface area contributed by atoms with Gasteiger partial charge in [-0.25, -0.2) is 0 Å². The molecule has 1 fully saturated rings. The summed E-state index contributed by atoms with van der Waals surface area (Å²) in [5.41, 5.74) is 0.805. The molecule has 1 aromatic rings. The van der Waals surface area contributed by atoms with Crippen LogP contribution in [-0.4, -0.2) is 60.8 Å². The van der Waals surface area contributed by atoms with Crippen molar-refractivity contribution in [3.05, 3.63) is 29.8 Å². The van der Waals surface area contributed by atoms with Gasteiger partial charge in [-0.3, -0.25) is 4.90 Å². The number of aliphatic hydroxyl groups excluding tert-OH is 1. The summed E-state index contributed by atoms with van der Waals surface area (Å²) in [7, 11) is 2.10. The van der Waals surface area contributed by atoms with Gasteiger partial charge in [-0.05, 0) is 45.5 Å². The zero-order chi connectivity index (χ0) is 16.7. The molecule has 0 unspecified atom stereocenters. The number of hydrogen-bond donors (Lipinski definition) is 1. The minimum atomic E-state index is -2.79. The van der Waals surface area contributed by atoms with E-state index < -0.39 is 6.61 Å². The lowest BCUT2D eigenvalue weighted by molar-refractivity contribution is -0.0508. The molecule has 1 saturated heterocycles. The first kappa shape index (κ1) is 18.1. The summed E-state index contributed by atoms with van der Waals surface area (Å²) in [5.74, 6) is 0.268. The second-order valence-electron chi connectivity index (χ2n) is 6.05. The van der Waals surface area contributed by atoms with E-state index in [0.29, 0.717) is 12.6 Å². The fraction of sp³-hybridized carbons (Fsp3) is 0.647. The molecule has 1 heterocycles. The Morgan fingerprint density at radius 2 is 2.00 bits per heavy atom. The summed E-state index contributed by atoms with van der Waals surface area (Å²) in [6.07, 6.45) is 2.91. The van der Waals surface area contributed by atoms with E-state index in [1.165, 1.54) is 0 Å². The van der Waals surface area contributed by atoms with Gasteiger partial charge >= 0.3 is 6.61 Å². The first-order chi connectivity index (χ1) is 11.1. The number of likely N-dealkylation sites (tertiary alicyclic amines) is 1. The molecule has 0 aromatic heterocycles. The summed E-state index contributed by atoms with van der Waals surface area (Å²) >= 11 is 0. The van der Waals surface area contributed by atoms with Crippen LogP contribution in [0.2, 0.25) is 0 Å². The molecule has 0 aliphatic carbocycles. The Labute approximate surface area is 136 Å². The largest absolute Gasteiger partial charge is 0.434 e. The Kier molecular flexibility index (Phi) is 7.20. The maximum Gasteiger partial charge on any atom is 0.387 e. The third-order valence-electron chi connectivity index (χ3n) is 4.43. The molecule has 1 aromatic carbocycles. The van der Waals surface area contributed by atoms with E-state index in [1.54, 1.807) is 12.1 Å². The molecule has 1 aliphatic heterocycles. The summed E-state index contributed by atoms with van der Waals surface area (Å²) in [5, 5.41) is 8.91. The summed E-state index contributed by atoms with van der Waals surface area (Å²) in [4.78, 5) is 4.59. The van der Waals surface area contributed by atoms with Gasteiger partial charge < -0.3 is 14.7 Å². The highest BCUT2D eigenvalue weighted by atomic mass is 19.3. The number of hydrogen-bond acceptors (Lipinski definition) is 4. The molecule has 23 heavy (non-hydrogen) atoms. The van der Waals surface area contributed by atoms with Crippen molar-refractivity contribution in [1.29, 1.82) is 0 Å². The van der Waals surface area contributed by atoms with Crippen LogP contribution in [-0.2, 0) is 6.54 Å². The SMILES string of the molecule is CN(CCCO)C1CCN(Cc2ccccc2OC(F)F)CC1. The fourth-order valence-electron chi connectivity index (χ4n) is 3.11. The van der Waals surface area contributed by atoms with Crippen LogP contribution in [0.25, 0.3) is 0 Å². The number of nitrogens with zero attached hydrogens (tertiary/aromatic N) is 2. The van der Waals surface area contributed by atoms with Crippen LogP contribution in [0.15, 0.2) is 24.3 Å². The molecule has 0 radical (unpaired) electrons. The predicted molar refractivity (Wildman–Crippen MR) is 85.7 cm³/mol. The molecule has 0 bridgehead atoms. The van der Waals surface area contributed by atoms with Crippen molar-refractivity contribution in [2.45, 2.75) is 38.5 Å². The van der Waals surface area contributed by atoms with Crippen molar-refractivity contribution >= 4 is 0 Å². The minimum absolute atomic E-state index is 0.226. The lowest BCUT2D eigenvalue weighted by atomic mass is 10.0. The van der Waals surface area contributed by atoms with Crippen molar-refractivity contribution in [2.24, 2.45) is 0 Å². The van der Waals surface area contributed by atoms with Crippen LogP contribution in [0.4, 0.5) is 8.78 Å². The first-order valence-electron chi connectivity index (χ1n) is 8.16. The third kappa shape index (κ3) is 5.71. The highest BCUT2D eigenvalue weighted by molar-refractivity contribution is 5.33. The van der Waals surface area contributed by atoms with Gasteiger partial charge in [-0.2, -0.15) is 8.78 Å². The van der Waals surface area contributed by atoms with Gasteiger partial charge in [0.25, 0.3) is 0 Å². The Morgan fingerprint density at radius 1 is 1.30 bits per heavy atom. The zero-order valence-electron chi connectivity index (χ0n) is 13.6. The van der Waals surface area contributed by atoms with Crippen molar-refractivity contribution in [3.8, 4) is 5.75 Å². The van der Waals surface area contributed by atoms with Crippen molar-refractivity contribution in [1.82, 2.24) is 9.80 Å². The number of para-hydroxylation sites is 1. The first-order valence-corrected chi connectivity index (χ1v) is 8.16. The van der Waals surface area contributed by atoms with Gasteiger partial charge in [0.05, 0.1) is 0 Å². The molecule has 0 saturated carbocycles. The maximum atomic E-state index is 12.5. The lowest BCUT2D eigenvalue weighted by Crippen LogP contribution is -2.43. The smallest absolute Gasteiger partial charge is 0.387 e. The molecule has 0 spiro atoms. The molecular weight excluding hydrogens is 302 g/mol. The van der Waals surface area contributed by atoms with Crippen LogP contribution in [0.5, 0.6) is 5.75 Å². The van der Waals surface area contributed by atoms with Crippen LogP contribution in [0.1, 0.15) is 24.8 Å². The molecule has 6 heteroatoms. The molecule has 1 N–H and O–H groups in total. The number of aliphatic hydroxyl groups is 1. The van der Waals surface area contributed by atoms with Gasteiger partial charge in [0.15, 0.2) is 0 Å². The van der Waals surface area contributed by atoms with Crippen LogP contribution in [0, 0.1) is 0 Å². The number of ether oxygens (including phenoxy) is 1. The van der Waals surface area contributed by atoms with E-state index in [0.717, 1.165) is 44.5 Å². The highest BCUT2D eigenvalue weighted by Gasteiger charge is 2.23. The number of benzene rings is 1. The van der Waals surface area contributed by atoms with E-state index in [2.05, 4.69) is 21.6 Å². The number of rotatable bonds is 8. The van der Waals surface area contributed by atoms with Gasteiger partial charge in [0.2, 0.25) is 0 Å². The third-order valence-corrected chi connectivity index (χ3v) is 4.43. The average molecular weight is 328 g/mol. The lowest BCUT2D eigenvalue weighted by Gasteiger charge is -2.37. The van der Waals surface area contributed by atoms with E-state index in [1.807, 2.05) is 12.1 Å². The molecule has 4 nitrogen and oxygen atoms in total. The fourth-order valence-corrected chi connectivity index (χ4v) is 3.11. The van der Waals surface area contributed by atoms with Gasteiger partial charge in [0, 0.05) is 31.3 Å². The predicted octanol–water partition coefficient (Wildman–Crippen LogP) is 2.57. The van der Waals surface area contributed by atoms with Crippen LogP contribution in [0.3, 0.4) is 0 Å². The molecule has 130 valence electrons. The average Bonchev–Trinajstić information content (AvgIpc) is 2.54. The van der Waals surface area contributed by atoms with E-state index >= 15 is 0 Å². The summed E-state index contributed by atoms with van der Waals surface area (Å²) in [6.45, 7) is 0.864. The van der Waals surface area contributed by atoms with Gasteiger partial charge in [-0.15, -0.1) is 0 Å². The Morgan fingerprint density at radius 3 is 2.65 bits per heavy atom. The number of alkyl halides is 2. The van der Waals surface area contributed by atoms with E-state index in [-0.39, 0.29) is 12.4 Å². The van der Waals surface area contributed by atoms with E-state index in [4.69, 9.17) is 5.11 Å². The van der Waals surface area contributed by atoms with E-state index in [9.17, 15) is 8.78 Å². The second kappa shape index (κ2) is 9.15. The summed E-state index contributed by atoms with van der Waals surface area (Å²) < 4.78 is 29.5. The molecule has 1 aliphatic rings.